The molecule has 0 spiro atoms. The van der Waals surface area contributed by atoms with Gasteiger partial charge in [-0.3, -0.25) is 0 Å². The number of carbonyl (C=O) groups is 1. The maximum absolute atomic E-state index is 11.4. The van der Waals surface area contributed by atoms with Crippen molar-refractivity contribution >= 4 is 16.8 Å². The molecule has 0 radical (unpaired) electrons. The van der Waals surface area contributed by atoms with Gasteiger partial charge in [-0.25, -0.2) is 0 Å². The van der Waals surface area contributed by atoms with E-state index in [9.17, 15) is 4.79 Å². The summed E-state index contributed by atoms with van der Waals surface area (Å²) in [6.07, 6.45) is 3.37. The predicted molar refractivity (Wildman–Crippen MR) is 61.2 cm³/mol. The zero-order chi connectivity index (χ0) is 11.0. The van der Waals surface area contributed by atoms with Crippen LogP contribution in [0.25, 0.3) is 0 Å². The first-order chi connectivity index (χ1) is 6.42. The van der Waals surface area contributed by atoms with Crippen LogP contribution in [0.1, 0.15) is 40.5 Å². The molecular formula is C11H22O2Si. The predicted octanol–water partition coefficient (Wildman–Crippen LogP) is 1.31. The molecule has 1 fully saturated rings. The SMILES string of the molecule is CC(C)C(C)(C)[C@@](C=O)(O[SiH3])C1CC1. The summed E-state index contributed by atoms with van der Waals surface area (Å²) in [6, 6.07) is 0. The number of aldehydes is 1. The number of rotatable bonds is 5. The quantitative estimate of drug-likeness (QED) is 0.509. The van der Waals surface area contributed by atoms with Gasteiger partial charge in [-0.05, 0) is 24.7 Å². The van der Waals surface area contributed by atoms with Crippen molar-refractivity contribution in [1.29, 1.82) is 0 Å². The van der Waals surface area contributed by atoms with Crippen molar-refractivity contribution in [2.24, 2.45) is 17.3 Å². The van der Waals surface area contributed by atoms with Gasteiger partial charge >= 0.3 is 0 Å². The molecule has 0 heterocycles. The maximum Gasteiger partial charge on any atom is 0.151 e. The van der Waals surface area contributed by atoms with Gasteiger partial charge in [-0.15, -0.1) is 0 Å². The van der Waals surface area contributed by atoms with E-state index in [-0.39, 0.29) is 5.41 Å². The molecule has 0 bridgehead atoms. The fraction of sp³-hybridized carbons (Fsp3) is 0.909. The molecule has 0 unspecified atom stereocenters. The van der Waals surface area contributed by atoms with Crippen LogP contribution in [0.5, 0.6) is 0 Å². The van der Waals surface area contributed by atoms with Crippen LogP contribution in [0.2, 0.25) is 0 Å². The molecule has 0 aromatic heterocycles. The Balaban J connectivity index is 3.01. The standard InChI is InChI=1S/C11H22O2Si/c1-8(2)10(3,4)11(7-12,13-14)9-5-6-9/h7-9H,5-6H2,1-4,14H3/t11-/m0/s1. The lowest BCUT2D eigenvalue weighted by Crippen LogP contribution is -2.52. The van der Waals surface area contributed by atoms with Crippen molar-refractivity contribution in [2.75, 3.05) is 0 Å². The molecule has 3 heteroatoms. The van der Waals surface area contributed by atoms with E-state index >= 15 is 0 Å². The summed E-state index contributed by atoms with van der Waals surface area (Å²) in [5.41, 5.74) is -0.564. The van der Waals surface area contributed by atoms with E-state index in [1.807, 2.05) is 0 Å². The molecule has 14 heavy (non-hydrogen) atoms. The molecule has 1 aliphatic rings. The summed E-state index contributed by atoms with van der Waals surface area (Å²) < 4.78 is 5.71. The Hall–Kier alpha value is -0.153. The van der Waals surface area contributed by atoms with Crippen LogP contribution in [-0.2, 0) is 9.22 Å². The molecule has 1 rings (SSSR count). The Morgan fingerprint density at radius 3 is 2.14 bits per heavy atom. The minimum absolute atomic E-state index is 0.0579. The third-order valence-electron chi connectivity index (χ3n) is 4.15. The van der Waals surface area contributed by atoms with E-state index in [4.69, 9.17) is 4.43 Å². The van der Waals surface area contributed by atoms with Gasteiger partial charge < -0.3 is 9.22 Å². The van der Waals surface area contributed by atoms with Crippen molar-refractivity contribution in [3.63, 3.8) is 0 Å². The molecule has 1 aliphatic carbocycles. The lowest BCUT2D eigenvalue weighted by molar-refractivity contribution is -0.139. The molecule has 0 amide bonds. The van der Waals surface area contributed by atoms with Gasteiger partial charge in [0.1, 0.15) is 16.1 Å². The maximum atomic E-state index is 11.4. The third kappa shape index (κ3) is 1.56. The monoisotopic (exact) mass is 214 g/mol. The van der Waals surface area contributed by atoms with Crippen LogP contribution in [0.15, 0.2) is 0 Å². The second-order valence-corrected chi connectivity index (χ2v) is 5.67. The third-order valence-corrected chi connectivity index (χ3v) is 4.82. The molecule has 1 saturated carbocycles. The lowest BCUT2D eigenvalue weighted by atomic mass is 9.66. The Morgan fingerprint density at radius 1 is 1.43 bits per heavy atom. The Bertz CT molecular complexity index is 221. The van der Waals surface area contributed by atoms with Gasteiger partial charge in [0.25, 0.3) is 0 Å². The van der Waals surface area contributed by atoms with Gasteiger partial charge in [0.15, 0.2) is 6.29 Å². The van der Waals surface area contributed by atoms with Crippen molar-refractivity contribution in [3.8, 4) is 0 Å². The Labute approximate surface area is 90.0 Å². The summed E-state index contributed by atoms with van der Waals surface area (Å²) in [5.74, 6) is 0.928. The van der Waals surface area contributed by atoms with Crippen LogP contribution < -0.4 is 0 Å². The highest BCUT2D eigenvalue weighted by Gasteiger charge is 2.55. The topological polar surface area (TPSA) is 26.3 Å². The zero-order valence-electron chi connectivity index (χ0n) is 9.96. The van der Waals surface area contributed by atoms with E-state index in [1.165, 1.54) is 0 Å². The fourth-order valence-corrected chi connectivity index (χ4v) is 3.17. The smallest absolute Gasteiger partial charge is 0.151 e. The average molecular weight is 214 g/mol. The second kappa shape index (κ2) is 3.78. The van der Waals surface area contributed by atoms with Crippen LogP contribution in [0.4, 0.5) is 0 Å². The van der Waals surface area contributed by atoms with Gasteiger partial charge in [0.05, 0.1) is 0 Å². The van der Waals surface area contributed by atoms with Crippen molar-refractivity contribution in [2.45, 2.75) is 46.1 Å². The summed E-state index contributed by atoms with van der Waals surface area (Å²) in [4.78, 5) is 11.4. The zero-order valence-corrected chi connectivity index (χ0v) is 12.0. The number of carbonyl (C=O) groups excluding carboxylic acids is 1. The average Bonchev–Trinajstić information content (AvgIpc) is 2.91. The Kier molecular flexibility index (Phi) is 3.22. The van der Waals surface area contributed by atoms with Gasteiger partial charge in [0, 0.05) is 5.41 Å². The van der Waals surface area contributed by atoms with Crippen LogP contribution >= 0.6 is 0 Å². The minimum atomic E-state index is -0.507. The largest absolute Gasteiger partial charge is 0.415 e. The second-order valence-electron chi connectivity index (χ2n) is 5.27. The van der Waals surface area contributed by atoms with E-state index in [2.05, 4.69) is 27.7 Å². The summed E-state index contributed by atoms with van der Waals surface area (Å²) in [5, 5.41) is 0. The highest BCUT2D eigenvalue weighted by atomic mass is 28.2. The lowest BCUT2D eigenvalue weighted by Gasteiger charge is -2.45. The van der Waals surface area contributed by atoms with Gasteiger partial charge in [-0.2, -0.15) is 0 Å². The Morgan fingerprint density at radius 2 is 1.93 bits per heavy atom. The van der Waals surface area contributed by atoms with Crippen LogP contribution in [0.3, 0.4) is 0 Å². The molecule has 0 aromatic carbocycles. The van der Waals surface area contributed by atoms with Crippen LogP contribution in [-0.4, -0.2) is 22.4 Å². The van der Waals surface area contributed by atoms with Crippen molar-refractivity contribution in [3.05, 3.63) is 0 Å². The number of hydrogen-bond donors (Lipinski definition) is 0. The van der Waals surface area contributed by atoms with E-state index in [1.54, 1.807) is 0 Å². The van der Waals surface area contributed by atoms with Gasteiger partial charge in [-0.1, -0.05) is 27.7 Å². The normalized spacial score (nSPS) is 22.4. The first-order valence-electron chi connectivity index (χ1n) is 5.44. The molecule has 0 aromatic rings. The molecule has 0 saturated heterocycles. The van der Waals surface area contributed by atoms with E-state index < -0.39 is 5.60 Å². The first kappa shape index (κ1) is 11.9. The van der Waals surface area contributed by atoms with E-state index in [0.717, 1.165) is 19.1 Å². The molecule has 0 aliphatic heterocycles. The highest BCUT2D eigenvalue weighted by molar-refractivity contribution is 5.99. The summed E-state index contributed by atoms with van der Waals surface area (Å²) in [6.45, 7) is 8.65. The summed E-state index contributed by atoms with van der Waals surface area (Å²) in [7, 11) is 0.639. The minimum Gasteiger partial charge on any atom is -0.415 e. The molecular weight excluding hydrogens is 192 g/mol. The summed E-state index contributed by atoms with van der Waals surface area (Å²) >= 11 is 0. The number of hydrogen-bond acceptors (Lipinski definition) is 2. The molecule has 82 valence electrons. The van der Waals surface area contributed by atoms with Crippen molar-refractivity contribution < 1.29 is 9.22 Å². The van der Waals surface area contributed by atoms with Crippen molar-refractivity contribution in [1.82, 2.24) is 0 Å². The molecule has 2 nitrogen and oxygen atoms in total. The van der Waals surface area contributed by atoms with Gasteiger partial charge in [0.2, 0.25) is 0 Å². The first-order valence-corrected chi connectivity index (χ1v) is 6.25. The van der Waals surface area contributed by atoms with Crippen LogP contribution in [0, 0.1) is 17.3 Å². The molecule has 0 N–H and O–H groups in total. The van der Waals surface area contributed by atoms with E-state index in [0.29, 0.717) is 22.3 Å². The highest BCUT2D eigenvalue weighted by Crippen LogP contribution is 2.52. The fourth-order valence-electron chi connectivity index (χ4n) is 2.22. The molecule has 1 atom stereocenters.